The van der Waals surface area contributed by atoms with Crippen LogP contribution in [0.1, 0.15) is 39.1 Å². The molecule has 3 aliphatic heterocycles. The summed E-state index contributed by atoms with van der Waals surface area (Å²) in [5.41, 5.74) is 2.28. The average molecular weight is 448 g/mol. The van der Waals surface area contributed by atoms with Crippen molar-refractivity contribution in [2.75, 3.05) is 36.4 Å². The molecule has 1 aromatic heterocycles. The van der Waals surface area contributed by atoms with E-state index in [4.69, 9.17) is 0 Å². The van der Waals surface area contributed by atoms with Gasteiger partial charge in [-0.2, -0.15) is 0 Å². The third-order valence-corrected chi connectivity index (χ3v) is 6.24. The Bertz CT molecular complexity index is 1140. The van der Waals surface area contributed by atoms with Crippen molar-refractivity contribution in [1.82, 2.24) is 20.5 Å². The molecule has 10 nitrogen and oxygen atoms in total. The SMILES string of the molecule is O=C1CCC(N2C(=O)c3cccc(CNc4cc(N5CCNCC5)ccn4)c3C2=O)C(=O)N1. The predicted molar refractivity (Wildman–Crippen MR) is 120 cm³/mol. The summed E-state index contributed by atoms with van der Waals surface area (Å²) in [6.45, 7) is 4.00. The number of nitrogens with zero attached hydrogens (tertiary/aromatic N) is 3. The van der Waals surface area contributed by atoms with Crippen molar-refractivity contribution in [3.8, 4) is 0 Å². The molecule has 0 aliphatic carbocycles. The van der Waals surface area contributed by atoms with Gasteiger partial charge in [0.25, 0.3) is 11.8 Å². The molecule has 10 heteroatoms. The summed E-state index contributed by atoms with van der Waals surface area (Å²) < 4.78 is 0. The average Bonchev–Trinajstić information content (AvgIpc) is 3.09. The van der Waals surface area contributed by atoms with E-state index in [0.717, 1.165) is 36.8 Å². The maximum absolute atomic E-state index is 13.2. The molecule has 0 radical (unpaired) electrons. The molecular formula is C23H24N6O4. The van der Waals surface area contributed by atoms with Gasteiger partial charge in [0.2, 0.25) is 11.8 Å². The van der Waals surface area contributed by atoms with Gasteiger partial charge in [-0.15, -0.1) is 0 Å². The lowest BCUT2D eigenvalue weighted by molar-refractivity contribution is -0.136. The monoisotopic (exact) mass is 448 g/mol. The number of hydrogen-bond acceptors (Lipinski definition) is 8. The maximum atomic E-state index is 13.2. The van der Waals surface area contributed by atoms with Gasteiger partial charge in [0.1, 0.15) is 11.9 Å². The van der Waals surface area contributed by atoms with Gasteiger partial charge < -0.3 is 15.5 Å². The third kappa shape index (κ3) is 3.93. The zero-order valence-corrected chi connectivity index (χ0v) is 18.0. The van der Waals surface area contributed by atoms with Gasteiger partial charge in [-0.25, -0.2) is 4.98 Å². The number of amides is 4. The minimum Gasteiger partial charge on any atom is -0.369 e. The van der Waals surface area contributed by atoms with Crippen LogP contribution in [-0.2, 0) is 16.1 Å². The van der Waals surface area contributed by atoms with Crippen LogP contribution in [-0.4, -0.2) is 65.7 Å². The largest absolute Gasteiger partial charge is 0.369 e. The molecule has 0 spiro atoms. The Morgan fingerprint density at radius 1 is 1.06 bits per heavy atom. The number of piperidine rings is 1. The highest BCUT2D eigenvalue weighted by Gasteiger charge is 2.45. The zero-order valence-electron chi connectivity index (χ0n) is 18.0. The van der Waals surface area contributed by atoms with E-state index >= 15 is 0 Å². The number of piperazine rings is 1. The number of benzene rings is 1. The second-order valence-electron chi connectivity index (χ2n) is 8.28. The number of nitrogens with one attached hydrogen (secondary N) is 3. The number of carbonyl (C=O) groups excluding carboxylic acids is 4. The number of pyridine rings is 1. The number of imide groups is 2. The summed E-state index contributed by atoms with van der Waals surface area (Å²) in [6, 6.07) is 8.06. The molecule has 1 atom stereocenters. The van der Waals surface area contributed by atoms with Gasteiger partial charge in [-0.1, -0.05) is 12.1 Å². The molecular weight excluding hydrogens is 424 g/mol. The molecule has 0 bridgehead atoms. The van der Waals surface area contributed by atoms with Crippen LogP contribution < -0.4 is 20.9 Å². The Morgan fingerprint density at radius 2 is 1.88 bits per heavy atom. The molecule has 2 fully saturated rings. The molecule has 4 amide bonds. The summed E-state index contributed by atoms with van der Waals surface area (Å²) in [5, 5.41) is 8.80. The number of aromatic nitrogens is 1. The molecule has 1 aromatic carbocycles. The molecule has 2 aromatic rings. The highest BCUT2D eigenvalue weighted by molar-refractivity contribution is 6.24. The fourth-order valence-corrected chi connectivity index (χ4v) is 4.55. The van der Waals surface area contributed by atoms with Crippen LogP contribution in [0.15, 0.2) is 36.5 Å². The van der Waals surface area contributed by atoms with Gasteiger partial charge in [-0.3, -0.25) is 29.4 Å². The summed E-state index contributed by atoms with van der Waals surface area (Å²) in [4.78, 5) is 57.6. The lowest BCUT2D eigenvalue weighted by atomic mass is 10.0. The molecule has 3 aliphatic rings. The van der Waals surface area contributed by atoms with Crippen molar-refractivity contribution in [2.45, 2.75) is 25.4 Å². The standard InChI is InChI=1S/C23H24N6O4/c30-19-5-4-17(21(31)27-19)29-22(32)16-3-1-2-14(20(16)23(29)33)13-26-18-12-15(6-7-25-18)28-10-8-24-9-11-28/h1-3,6-7,12,17,24H,4-5,8-11,13H2,(H,25,26)(H,27,30,31). The first-order valence-corrected chi connectivity index (χ1v) is 11.0. The van der Waals surface area contributed by atoms with Crippen molar-refractivity contribution < 1.29 is 19.2 Å². The van der Waals surface area contributed by atoms with Crippen LogP contribution >= 0.6 is 0 Å². The van der Waals surface area contributed by atoms with E-state index in [9.17, 15) is 19.2 Å². The number of fused-ring (bicyclic) bond motifs is 1. The summed E-state index contributed by atoms with van der Waals surface area (Å²) >= 11 is 0. The lowest BCUT2D eigenvalue weighted by Crippen LogP contribution is -2.54. The zero-order chi connectivity index (χ0) is 22.9. The van der Waals surface area contributed by atoms with Crippen molar-refractivity contribution in [3.05, 3.63) is 53.2 Å². The van der Waals surface area contributed by atoms with Crippen LogP contribution in [0.5, 0.6) is 0 Å². The molecule has 0 saturated carbocycles. The van der Waals surface area contributed by atoms with E-state index in [1.807, 2.05) is 12.1 Å². The Labute approximate surface area is 190 Å². The molecule has 1 unspecified atom stereocenters. The minimum atomic E-state index is -0.978. The molecule has 4 heterocycles. The quantitative estimate of drug-likeness (QED) is 0.565. The second kappa shape index (κ2) is 8.62. The second-order valence-corrected chi connectivity index (χ2v) is 8.28. The lowest BCUT2D eigenvalue weighted by Gasteiger charge is -2.29. The Morgan fingerprint density at radius 3 is 2.67 bits per heavy atom. The topological polar surface area (TPSA) is 124 Å². The first kappa shape index (κ1) is 21.1. The smallest absolute Gasteiger partial charge is 0.262 e. The van der Waals surface area contributed by atoms with E-state index in [1.54, 1.807) is 24.4 Å². The third-order valence-electron chi connectivity index (χ3n) is 6.24. The van der Waals surface area contributed by atoms with Crippen LogP contribution in [0.3, 0.4) is 0 Å². The van der Waals surface area contributed by atoms with E-state index in [2.05, 4.69) is 25.8 Å². The van der Waals surface area contributed by atoms with Gasteiger partial charge >= 0.3 is 0 Å². The number of carbonyl (C=O) groups is 4. The number of rotatable bonds is 5. The molecule has 5 rings (SSSR count). The molecule has 33 heavy (non-hydrogen) atoms. The normalized spacial score (nSPS) is 20.7. The van der Waals surface area contributed by atoms with Crippen molar-refractivity contribution in [1.29, 1.82) is 0 Å². The van der Waals surface area contributed by atoms with E-state index in [-0.39, 0.29) is 24.0 Å². The molecule has 2 saturated heterocycles. The van der Waals surface area contributed by atoms with Crippen molar-refractivity contribution in [2.24, 2.45) is 0 Å². The Balaban J connectivity index is 1.35. The van der Waals surface area contributed by atoms with Gasteiger partial charge in [0.15, 0.2) is 0 Å². The Hall–Kier alpha value is -3.79. The van der Waals surface area contributed by atoms with Gasteiger partial charge in [-0.05, 0) is 24.1 Å². The summed E-state index contributed by atoms with van der Waals surface area (Å²) in [5.74, 6) is -1.36. The van der Waals surface area contributed by atoms with E-state index < -0.39 is 29.7 Å². The molecule has 3 N–H and O–H groups in total. The first-order chi connectivity index (χ1) is 16.0. The van der Waals surface area contributed by atoms with Crippen molar-refractivity contribution >= 4 is 35.1 Å². The van der Waals surface area contributed by atoms with Crippen LogP contribution in [0.25, 0.3) is 0 Å². The van der Waals surface area contributed by atoms with Crippen LogP contribution in [0.2, 0.25) is 0 Å². The highest BCUT2D eigenvalue weighted by atomic mass is 16.2. The van der Waals surface area contributed by atoms with E-state index in [0.29, 0.717) is 17.9 Å². The summed E-state index contributed by atoms with van der Waals surface area (Å²) in [7, 11) is 0. The first-order valence-electron chi connectivity index (χ1n) is 11.0. The van der Waals surface area contributed by atoms with Gasteiger partial charge in [0.05, 0.1) is 11.1 Å². The summed E-state index contributed by atoms with van der Waals surface area (Å²) in [6.07, 6.45) is 1.97. The fourth-order valence-electron chi connectivity index (χ4n) is 4.55. The number of anilines is 2. The Kier molecular flexibility index (Phi) is 5.51. The van der Waals surface area contributed by atoms with Crippen LogP contribution in [0, 0.1) is 0 Å². The van der Waals surface area contributed by atoms with E-state index in [1.165, 1.54) is 0 Å². The highest BCUT2D eigenvalue weighted by Crippen LogP contribution is 2.30. The maximum Gasteiger partial charge on any atom is 0.262 e. The number of hydrogen-bond donors (Lipinski definition) is 3. The van der Waals surface area contributed by atoms with Crippen LogP contribution in [0.4, 0.5) is 11.5 Å². The van der Waals surface area contributed by atoms with Crippen molar-refractivity contribution in [3.63, 3.8) is 0 Å². The van der Waals surface area contributed by atoms with Gasteiger partial charge in [0, 0.05) is 57.1 Å². The fraction of sp³-hybridized carbons (Fsp3) is 0.348. The minimum absolute atomic E-state index is 0.0906. The predicted octanol–water partition coefficient (Wildman–Crippen LogP) is 0.505. The molecule has 170 valence electrons.